The summed E-state index contributed by atoms with van der Waals surface area (Å²) in [6.45, 7) is 0.357. The van der Waals surface area contributed by atoms with Gasteiger partial charge in [0.2, 0.25) is 0 Å². The summed E-state index contributed by atoms with van der Waals surface area (Å²) < 4.78 is 18.1. The Balaban J connectivity index is 1.45. The molecule has 0 bridgehead atoms. The molecular weight excluding hydrogens is 351 g/mol. The largest absolute Gasteiger partial charge is 0.463 e. The molecule has 0 radical (unpaired) electrons. The lowest BCUT2D eigenvalue weighted by Gasteiger charge is -2.02. The Morgan fingerprint density at radius 2 is 2.08 bits per heavy atom. The van der Waals surface area contributed by atoms with Crippen LogP contribution in [0.2, 0.25) is 0 Å². The first-order chi connectivity index (χ1) is 12.7. The number of nitrogens with zero attached hydrogens (tertiary/aromatic N) is 2. The zero-order valence-electron chi connectivity index (χ0n) is 14.0. The number of carbonyl (C=O) groups is 1. The van der Waals surface area contributed by atoms with Gasteiger partial charge in [0, 0.05) is 29.4 Å². The molecule has 0 amide bonds. The first kappa shape index (κ1) is 17.9. The van der Waals surface area contributed by atoms with Crippen LogP contribution in [0.1, 0.15) is 17.7 Å². The van der Waals surface area contributed by atoms with Crippen LogP contribution in [0.15, 0.2) is 60.2 Å². The Labute approximate surface area is 155 Å². The molecule has 1 aromatic carbocycles. The Morgan fingerprint density at radius 3 is 2.85 bits per heavy atom. The molecule has 26 heavy (non-hydrogen) atoms. The molecule has 0 saturated heterocycles. The Kier molecular flexibility index (Phi) is 6.22. The SMILES string of the molecule is O=C(/C=C/c1csc(-c2ccc(F)cc2)n1)OCCCc1cccnc1. The maximum atomic E-state index is 13.0. The number of pyridine rings is 1. The Morgan fingerprint density at radius 1 is 1.23 bits per heavy atom. The zero-order chi connectivity index (χ0) is 18.2. The third kappa shape index (κ3) is 5.32. The molecule has 0 fully saturated rings. The molecule has 0 aliphatic carbocycles. The van der Waals surface area contributed by atoms with Crippen molar-refractivity contribution in [2.45, 2.75) is 12.8 Å². The lowest BCUT2D eigenvalue weighted by Crippen LogP contribution is -2.03. The van der Waals surface area contributed by atoms with E-state index in [9.17, 15) is 9.18 Å². The molecule has 0 saturated carbocycles. The maximum absolute atomic E-state index is 13.0. The van der Waals surface area contributed by atoms with Gasteiger partial charge in [0.25, 0.3) is 0 Å². The number of hydrogen-bond acceptors (Lipinski definition) is 5. The van der Waals surface area contributed by atoms with Crippen molar-refractivity contribution in [3.05, 3.63) is 77.3 Å². The van der Waals surface area contributed by atoms with Crippen molar-refractivity contribution in [3.8, 4) is 10.6 Å². The predicted octanol–water partition coefficient (Wildman–Crippen LogP) is 4.53. The van der Waals surface area contributed by atoms with Gasteiger partial charge >= 0.3 is 5.97 Å². The fraction of sp³-hybridized carbons (Fsp3) is 0.150. The van der Waals surface area contributed by atoms with E-state index in [0.29, 0.717) is 12.3 Å². The zero-order valence-corrected chi connectivity index (χ0v) is 14.8. The van der Waals surface area contributed by atoms with Gasteiger partial charge in [0.15, 0.2) is 0 Å². The Bertz CT molecular complexity index is 876. The van der Waals surface area contributed by atoms with Crippen molar-refractivity contribution >= 4 is 23.4 Å². The van der Waals surface area contributed by atoms with Gasteiger partial charge in [0.1, 0.15) is 10.8 Å². The van der Waals surface area contributed by atoms with E-state index in [4.69, 9.17) is 4.74 Å². The number of aromatic nitrogens is 2. The van der Waals surface area contributed by atoms with Crippen LogP contribution >= 0.6 is 11.3 Å². The summed E-state index contributed by atoms with van der Waals surface area (Å²) in [6, 6.07) is 10.0. The minimum absolute atomic E-state index is 0.281. The van der Waals surface area contributed by atoms with E-state index in [2.05, 4.69) is 9.97 Å². The van der Waals surface area contributed by atoms with Crippen LogP contribution in [0.25, 0.3) is 16.6 Å². The highest BCUT2D eigenvalue weighted by Crippen LogP contribution is 2.24. The average molecular weight is 368 g/mol. The second kappa shape index (κ2) is 9.01. The molecule has 6 heteroatoms. The van der Waals surface area contributed by atoms with Gasteiger partial charge in [-0.25, -0.2) is 14.2 Å². The smallest absolute Gasteiger partial charge is 0.330 e. The van der Waals surface area contributed by atoms with Crippen LogP contribution in [-0.4, -0.2) is 22.5 Å². The molecule has 0 atom stereocenters. The maximum Gasteiger partial charge on any atom is 0.330 e. The summed E-state index contributed by atoms with van der Waals surface area (Å²) in [5.41, 5.74) is 2.63. The van der Waals surface area contributed by atoms with E-state index in [1.165, 1.54) is 29.5 Å². The van der Waals surface area contributed by atoms with Crippen LogP contribution in [0.3, 0.4) is 0 Å². The molecule has 3 rings (SSSR count). The number of esters is 1. The third-order valence-electron chi connectivity index (χ3n) is 3.58. The summed E-state index contributed by atoms with van der Waals surface area (Å²) in [7, 11) is 0. The van der Waals surface area contributed by atoms with E-state index < -0.39 is 5.97 Å². The van der Waals surface area contributed by atoms with Gasteiger partial charge < -0.3 is 4.74 Å². The second-order valence-electron chi connectivity index (χ2n) is 5.55. The first-order valence-electron chi connectivity index (χ1n) is 8.16. The molecule has 132 valence electrons. The van der Waals surface area contributed by atoms with E-state index in [1.54, 1.807) is 24.4 Å². The van der Waals surface area contributed by atoms with Gasteiger partial charge in [-0.05, 0) is 54.8 Å². The van der Waals surface area contributed by atoms with Crippen LogP contribution in [0.4, 0.5) is 4.39 Å². The standard InChI is InChI=1S/C20H17FN2O2S/c21-17-7-5-16(6-8-17)20-23-18(14-26-20)9-10-19(24)25-12-2-4-15-3-1-11-22-13-15/h1,3,5-11,13-14H,2,4,12H2/b10-9+. The predicted molar refractivity (Wildman–Crippen MR) is 100 cm³/mol. The number of aryl methyl sites for hydroxylation is 1. The summed E-state index contributed by atoms with van der Waals surface area (Å²) in [4.78, 5) is 20.2. The van der Waals surface area contributed by atoms with Gasteiger partial charge in [-0.1, -0.05) is 6.07 Å². The number of benzene rings is 1. The van der Waals surface area contributed by atoms with Crippen molar-refractivity contribution in [1.82, 2.24) is 9.97 Å². The minimum Gasteiger partial charge on any atom is -0.463 e. The molecule has 2 heterocycles. The topological polar surface area (TPSA) is 52.1 Å². The van der Waals surface area contributed by atoms with E-state index in [1.807, 2.05) is 23.7 Å². The number of hydrogen-bond donors (Lipinski definition) is 0. The van der Waals surface area contributed by atoms with Crippen LogP contribution in [-0.2, 0) is 16.0 Å². The number of carbonyl (C=O) groups excluding carboxylic acids is 1. The molecule has 4 nitrogen and oxygen atoms in total. The molecule has 0 N–H and O–H groups in total. The highest BCUT2D eigenvalue weighted by atomic mass is 32.1. The van der Waals surface area contributed by atoms with Crippen LogP contribution in [0, 0.1) is 5.82 Å². The average Bonchev–Trinajstić information content (AvgIpc) is 3.14. The monoisotopic (exact) mass is 368 g/mol. The second-order valence-corrected chi connectivity index (χ2v) is 6.41. The van der Waals surface area contributed by atoms with Crippen LogP contribution < -0.4 is 0 Å². The molecule has 0 unspecified atom stereocenters. The van der Waals surface area contributed by atoms with Gasteiger partial charge in [-0.15, -0.1) is 11.3 Å². The first-order valence-corrected chi connectivity index (χ1v) is 9.04. The van der Waals surface area contributed by atoms with Crippen molar-refractivity contribution in [1.29, 1.82) is 0 Å². The molecule has 3 aromatic rings. The summed E-state index contributed by atoms with van der Waals surface area (Å²) in [5, 5.41) is 2.61. The number of thiazole rings is 1. The summed E-state index contributed by atoms with van der Waals surface area (Å²) in [5.74, 6) is -0.677. The van der Waals surface area contributed by atoms with Gasteiger partial charge in [0.05, 0.1) is 12.3 Å². The van der Waals surface area contributed by atoms with Crippen molar-refractivity contribution in [3.63, 3.8) is 0 Å². The fourth-order valence-electron chi connectivity index (χ4n) is 2.28. The lowest BCUT2D eigenvalue weighted by molar-refractivity contribution is -0.137. The Hall–Kier alpha value is -2.86. The number of rotatable bonds is 7. The molecule has 2 aromatic heterocycles. The quantitative estimate of drug-likeness (QED) is 0.349. The van der Waals surface area contributed by atoms with Crippen molar-refractivity contribution < 1.29 is 13.9 Å². The molecule has 0 spiro atoms. The normalized spacial score (nSPS) is 11.0. The van der Waals surface area contributed by atoms with E-state index in [-0.39, 0.29) is 5.82 Å². The van der Waals surface area contributed by atoms with Crippen LogP contribution in [0.5, 0.6) is 0 Å². The summed E-state index contributed by atoms with van der Waals surface area (Å²) >= 11 is 1.44. The number of ether oxygens (including phenoxy) is 1. The van der Waals surface area contributed by atoms with E-state index >= 15 is 0 Å². The van der Waals surface area contributed by atoms with Gasteiger partial charge in [-0.3, -0.25) is 4.98 Å². The summed E-state index contributed by atoms with van der Waals surface area (Å²) in [6.07, 6.45) is 8.09. The fourth-order valence-corrected chi connectivity index (χ4v) is 3.08. The number of halogens is 1. The van der Waals surface area contributed by atoms with Gasteiger partial charge in [-0.2, -0.15) is 0 Å². The van der Waals surface area contributed by atoms with Crippen molar-refractivity contribution in [2.75, 3.05) is 6.61 Å². The molecular formula is C20H17FN2O2S. The highest BCUT2D eigenvalue weighted by Gasteiger charge is 2.04. The molecule has 0 aliphatic rings. The van der Waals surface area contributed by atoms with Crippen molar-refractivity contribution in [2.24, 2.45) is 0 Å². The minimum atomic E-state index is -0.396. The molecule has 0 aliphatic heterocycles. The lowest BCUT2D eigenvalue weighted by atomic mass is 10.2. The highest BCUT2D eigenvalue weighted by molar-refractivity contribution is 7.13. The third-order valence-corrected chi connectivity index (χ3v) is 4.49. The van der Waals surface area contributed by atoms with E-state index in [0.717, 1.165) is 29.0 Å².